The van der Waals surface area contributed by atoms with Crippen LogP contribution in [0.4, 0.5) is 5.69 Å². The number of nitrogens with zero attached hydrogens (tertiary/aromatic N) is 1. The summed E-state index contributed by atoms with van der Waals surface area (Å²) in [5, 5.41) is 26.6. The van der Waals surface area contributed by atoms with Crippen LogP contribution >= 0.6 is 0 Å². The number of benzene rings is 5. The van der Waals surface area contributed by atoms with Crippen molar-refractivity contribution in [3.63, 3.8) is 0 Å². The van der Waals surface area contributed by atoms with Crippen molar-refractivity contribution in [3.8, 4) is 0 Å². The van der Waals surface area contributed by atoms with Gasteiger partial charge in [-0.1, -0.05) is 121 Å². The van der Waals surface area contributed by atoms with Crippen LogP contribution in [0.15, 0.2) is 146 Å². The first-order valence-corrected chi connectivity index (χ1v) is 14.1. The van der Waals surface area contributed by atoms with E-state index >= 15 is 0 Å². The maximum Gasteiger partial charge on any atom is 0.269 e. The molecule has 0 spiro atoms. The summed E-state index contributed by atoms with van der Waals surface area (Å²) in [7, 11) is 0. The predicted molar refractivity (Wildman–Crippen MR) is 165 cm³/mol. The minimum absolute atomic E-state index is 0.0297. The van der Waals surface area contributed by atoms with E-state index in [0.717, 1.165) is 22.3 Å². The summed E-state index contributed by atoms with van der Waals surface area (Å²) in [6, 6.07) is 46.3. The van der Waals surface area contributed by atoms with E-state index in [1.54, 1.807) is 12.1 Å². The van der Waals surface area contributed by atoms with Gasteiger partial charge in [-0.25, -0.2) is 0 Å². The van der Waals surface area contributed by atoms with Crippen LogP contribution in [0.3, 0.4) is 0 Å². The number of rotatable bonds is 13. The van der Waals surface area contributed by atoms with E-state index in [1.807, 2.05) is 84.9 Å². The van der Waals surface area contributed by atoms with Gasteiger partial charge in [0, 0.05) is 25.1 Å². The lowest BCUT2D eigenvalue weighted by Crippen LogP contribution is -2.45. The number of hydrogen-bond acceptors (Lipinski definition) is 5. The van der Waals surface area contributed by atoms with Crippen LogP contribution in [-0.4, -0.2) is 23.2 Å². The zero-order valence-electron chi connectivity index (χ0n) is 23.3. The lowest BCUT2D eigenvalue weighted by molar-refractivity contribution is -0.384. The highest BCUT2D eigenvalue weighted by Gasteiger charge is 2.39. The molecule has 0 saturated carbocycles. The van der Waals surface area contributed by atoms with Crippen molar-refractivity contribution in [2.24, 2.45) is 0 Å². The fourth-order valence-electron chi connectivity index (χ4n) is 5.37. The molecule has 5 rings (SSSR count). The molecule has 0 radical (unpaired) electrons. The van der Waals surface area contributed by atoms with Crippen LogP contribution in [-0.2, 0) is 22.5 Å². The molecule has 0 aliphatic rings. The highest BCUT2D eigenvalue weighted by molar-refractivity contribution is 5.47. The van der Waals surface area contributed by atoms with E-state index in [9.17, 15) is 15.2 Å². The van der Waals surface area contributed by atoms with Crippen molar-refractivity contribution in [2.75, 3.05) is 13.2 Å². The van der Waals surface area contributed by atoms with Crippen molar-refractivity contribution < 1.29 is 14.8 Å². The van der Waals surface area contributed by atoms with Crippen LogP contribution in [0.25, 0.3) is 0 Å². The molecule has 0 fully saturated rings. The van der Waals surface area contributed by atoms with Crippen molar-refractivity contribution in [1.29, 1.82) is 0 Å². The van der Waals surface area contributed by atoms with E-state index in [0.29, 0.717) is 18.5 Å². The van der Waals surface area contributed by atoms with Gasteiger partial charge in [-0.05, 0) is 46.4 Å². The molecule has 1 unspecified atom stereocenters. The Kier molecular flexibility index (Phi) is 9.19. The minimum Gasteiger partial charge on any atom is -0.371 e. The number of hydrogen-bond donors (Lipinski definition) is 2. The van der Waals surface area contributed by atoms with E-state index in [4.69, 9.17) is 4.74 Å². The first kappa shape index (κ1) is 28.9. The summed E-state index contributed by atoms with van der Waals surface area (Å²) in [5.74, 6) is 0. The normalized spacial score (nSPS) is 12.9. The quantitative estimate of drug-likeness (QED) is 0.0706. The lowest BCUT2D eigenvalue weighted by Gasteiger charge is -2.37. The molecule has 0 aromatic heterocycles. The van der Waals surface area contributed by atoms with Gasteiger partial charge in [-0.3, -0.25) is 15.4 Å². The first-order chi connectivity index (χ1) is 20.5. The Morgan fingerprint density at radius 3 is 1.55 bits per heavy atom. The number of non-ortho nitro benzene ring substituents is 1. The standard InChI is InChI=1S/C36H34N2O4/c39-35(30-21-23-34(24-22-30)38(40)41,37-27-25-29-13-5-1-6-14-29)26-28-42-36(31-15-7-2-8-16-31,32-17-9-3-10-18-32)33-19-11-4-12-20-33/h1-24,37,39H,25-28H2. The maximum absolute atomic E-state index is 12.0. The average Bonchev–Trinajstić information content (AvgIpc) is 3.05. The SMILES string of the molecule is O=[N+]([O-])c1ccc(C(O)(CCOC(c2ccccc2)(c2ccccc2)c2ccccc2)NCCc2ccccc2)cc1. The first-order valence-electron chi connectivity index (χ1n) is 14.1. The Bertz CT molecular complexity index is 1450. The fourth-order valence-corrected chi connectivity index (χ4v) is 5.37. The number of aliphatic hydroxyl groups is 1. The van der Waals surface area contributed by atoms with Crippen LogP contribution in [0.1, 0.15) is 34.2 Å². The lowest BCUT2D eigenvalue weighted by atomic mass is 9.80. The molecule has 6 heteroatoms. The molecule has 0 aliphatic carbocycles. The second-order valence-electron chi connectivity index (χ2n) is 10.2. The Morgan fingerprint density at radius 1 is 0.643 bits per heavy atom. The number of nitro groups is 1. The Labute approximate surface area is 246 Å². The highest BCUT2D eigenvalue weighted by atomic mass is 16.6. The minimum atomic E-state index is -1.49. The second kappa shape index (κ2) is 13.4. The van der Waals surface area contributed by atoms with Crippen molar-refractivity contribution in [1.82, 2.24) is 5.32 Å². The van der Waals surface area contributed by atoms with Gasteiger partial charge >= 0.3 is 0 Å². The molecule has 6 nitrogen and oxygen atoms in total. The second-order valence-corrected chi connectivity index (χ2v) is 10.2. The molecule has 42 heavy (non-hydrogen) atoms. The van der Waals surface area contributed by atoms with Crippen molar-refractivity contribution in [2.45, 2.75) is 24.2 Å². The molecule has 2 N–H and O–H groups in total. The summed E-state index contributed by atoms with van der Waals surface area (Å²) in [6.45, 7) is 0.684. The zero-order chi connectivity index (χ0) is 29.3. The van der Waals surface area contributed by atoms with Crippen LogP contribution < -0.4 is 5.32 Å². The number of nitro benzene ring substituents is 1. The van der Waals surface area contributed by atoms with Gasteiger partial charge in [0.15, 0.2) is 0 Å². The molecular formula is C36H34N2O4. The Balaban J connectivity index is 1.47. The topological polar surface area (TPSA) is 84.6 Å². The largest absolute Gasteiger partial charge is 0.371 e. The number of nitrogens with one attached hydrogen (secondary N) is 1. The summed E-state index contributed by atoms with van der Waals surface area (Å²) in [6.07, 6.45) is 0.910. The molecule has 0 amide bonds. The van der Waals surface area contributed by atoms with E-state index in [1.165, 1.54) is 12.1 Å². The molecule has 5 aromatic rings. The third-order valence-corrected chi connectivity index (χ3v) is 7.55. The zero-order valence-corrected chi connectivity index (χ0v) is 23.3. The average molecular weight is 559 g/mol. The highest BCUT2D eigenvalue weighted by Crippen LogP contribution is 2.41. The van der Waals surface area contributed by atoms with Crippen molar-refractivity contribution in [3.05, 3.63) is 184 Å². The van der Waals surface area contributed by atoms with Crippen LogP contribution in [0, 0.1) is 10.1 Å². The molecule has 0 bridgehead atoms. The summed E-state index contributed by atoms with van der Waals surface area (Å²) in [4.78, 5) is 10.8. The predicted octanol–water partition coefficient (Wildman–Crippen LogP) is 6.97. The van der Waals surface area contributed by atoms with Gasteiger partial charge in [0.1, 0.15) is 11.3 Å². The summed E-state index contributed by atoms with van der Waals surface area (Å²) in [5.41, 5.74) is 2.15. The van der Waals surface area contributed by atoms with Gasteiger partial charge in [0.2, 0.25) is 0 Å². The summed E-state index contributed by atoms with van der Waals surface area (Å²) >= 11 is 0. The van der Waals surface area contributed by atoms with Gasteiger partial charge in [-0.2, -0.15) is 0 Å². The maximum atomic E-state index is 12.0. The van der Waals surface area contributed by atoms with Gasteiger partial charge < -0.3 is 9.84 Å². The van der Waals surface area contributed by atoms with E-state index in [-0.39, 0.29) is 18.7 Å². The van der Waals surface area contributed by atoms with E-state index < -0.39 is 16.2 Å². The Morgan fingerprint density at radius 2 is 1.10 bits per heavy atom. The molecule has 0 heterocycles. The molecule has 0 aliphatic heterocycles. The van der Waals surface area contributed by atoms with Crippen LogP contribution in [0.5, 0.6) is 0 Å². The van der Waals surface area contributed by atoms with Gasteiger partial charge in [0.05, 0.1) is 11.5 Å². The van der Waals surface area contributed by atoms with Gasteiger partial charge in [0.25, 0.3) is 5.69 Å². The molecule has 1 atom stereocenters. The van der Waals surface area contributed by atoms with Gasteiger partial charge in [-0.15, -0.1) is 0 Å². The molecule has 0 saturated heterocycles. The third-order valence-electron chi connectivity index (χ3n) is 7.55. The molecular weight excluding hydrogens is 524 g/mol. The Hall–Kier alpha value is -4.62. The smallest absolute Gasteiger partial charge is 0.269 e. The van der Waals surface area contributed by atoms with Crippen molar-refractivity contribution >= 4 is 5.69 Å². The molecule has 5 aromatic carbocycles. The number of ether oxygens (including phenoxy) is 1. The third kappa shape index (κ3) is 6.47. The van der Waals surface area contributed by atoms with Crippen LogP contribution in [0.2, 0.25) is 0 Å². The summed E-state index contributed by atoms with van der Waals surface area (Å²) < 4.78 is 6.92. The fraction of sp³-hybridized carbons (Fsp3) is 0.167. The van der Waals surface area contributed by atoms with E-state index in [2.05, 4.69) is 41.7 Å². The monoisotopic (exact) mass is 558 g/mol. The molecule has 212 valence electrons.